The molecule has 6 N–H and O–H groups in total. The molecule has 0 unspecified atom stereocenters. The minimum absolute atomic E-state index is 0. The molecule has 0 bridgehead atoms. The Morgan fingerprint density at radius 1 is 0.500 bits per heavy atom. The van der Waals surface area contributed by atoms with Crippen molar-refractivity contribution in [2.45, 2.75) is 35.5 Å². The van der Waals surface area contributed by atoms with Crippen LogP contribution in [0.2, 0.25) is 15.1 Å². The molecule has 0 spiro atoms. The Morgan fingerprint density at radius 2 is 0.675 bits per heavy atom. The van der Waals surface area contributed by atoms with Crippen LogP contribution in [0.15, 0.2) is 51.1 Å². The van der Waals surface area contributed by atoms with E-state index >= 15 is 0 Å². The van der Waals surface area contributed by atoms with Crippen molar-refractivity contribution in [3.8, 4) is 0 Å². The second-order valence-electron chi connectivity index (χ2n) is 7.78. The fraction of sp³-hybridized carbons (Fsp3) is 0.143. The van der Waals surface area contributed by atoms with Gasteiger partial charge in [-0.1, -0.05) is 34.8 Å². The average Bonchev–Trinajstić information content (AvgIpc) is 2.74. The van der Waals surface area contributed by atoms with E-state index in [0.29, 0.717) is 16.7 Å². The SMILES string of the molecule is Cc1cc(Cl)c(N)cc1S(=O)(=O)[O-].Cc1cc(Cl)c(N)cc1S(=O)(=O)[O-].Cc1cc(Cl)c(N)cc1S(=O)(=O)[O-].[Ni+3]. The number of rotatable bonds is 3. The van der Waals surface area contributed by atoms with Crippen molar-refractivity contribution < 1.29 is 55.4 Å². The fourth-order valence-corrected chi connectivity index (χ4v) is 5.64. The first-order valence-electron chi connectivity index (χ1n) is 10.0. The van der Waals surface area contributed by atoms with Gasteiger partial charge >= 0.3 is 16.5 Å². The van der Waals surface area contributed by atoms with Gasteiger partial charge in [-0.2, -0.15) is 0 Å². The van der Waals surface area contributed by atoms with E-state index < -0.39 is 30.4 Å². The smallest absolute Gasteiger partial charge is 0.744 e. The van der Waals surface area contributed by atoms with Gasteiger partial charge in [-0.25, -0.2) is 25.3 Å². The third-order valence-corrected chi connectivity index (χ3v) is 8.61. The number of halogens is 3. The minimum Gasteiger partial charge on any atom is -0.744 e. The van der Waals surface area contributed by atoms with E-state index in [1.165, 1.54) is 39.0 Å². The number of aryl methyl sites for hydroxylation is 3. The van der Waals surface area contributed by atoms with Crippen molar-refractivity contribution in [1.82, 2.24) is 0 Å². The summed E-state index contributed by atoms with van der Waals surface area (Å²) in [5, 5.41) is 0.722. The van der Waals surface area contributed by atoms with Crippen LogP contribution in [-0.4, -0.2) is 38.9 Å². The predicted octanol–water partition coefficient (Wildman–Crippen LogP) is 3.40. The number of hydrogen-bond donors (Lipinski definition) is 3. The molecule has 0 heterocycles. The molecule has 12 nitrogen and oxygen atoms in total. The Bertz CT molecular complexity index is 1530. The summed E-state index contributed by atoms with van der Waals surface area (Å²) in [4.78, 5) is -0.974. The molecule has 40 heavy (non-hydrogen) atoms. The van der Waals surface area contributed by atoms with Crippen LogP contribution in [0, 0.1) is 20.8 Å². The van der Waals surface area contributed by atoms with E-state index in [4.69, 9.17) is 52.0 Å². The van der Waals surface area contributed by atoms with Gasteiger partial charge in [0, 0.05) is 0 Å². The second kappa shape index (κ2) is 14.4. The van der Waals surface area contributed by atoms with Crippen LogP contribution < -0.4 is 17.2 Å². The maximum atomic E-state index is 10.7. The van der Waals surface area contributed by atoms with Gasteiger partial charge < -0.3 is 30.9 Å². The zero-order chi connectivity index (χ0) is 30.7. The third-order valence-electron chi connectivity index (χ3n) is 4.69. The topological polar surface area (TPSA) is 250 Å². The molecular weight excluding hydrogens is 699 g/mol. The number of benzene rings is 3. The molecule has 1 radical (unpaired) electrons. The van der Waals surface area contributed by atoms with Crippen LogP contribution in [-0.2, 0) is 46.8 Å². The first-order valence-corrected chi connectivity index (χ1v) is 15.4. The molecule has 0 saturated carbocycles. The van der Waals surface area contributed by atoms with Gasteiger partial charge in [0.05, 0.1) is 46.8 Å². The third kappa shape index (κ3) is 10.9. The molecule has 0 fully saturated rings. The second-order valence-corrected chi connectivity index (χ2v) is 13.0. The maximum Gasteiger partial charge on any atom is 3.00 e. The molecule has 3 rings (SSSR count). The molecule has 0 aliphatic heterocycles. The summed E-state index contributed by atoms with van der Waals surface area (Å²) < 4.78 is 96.0. The fourth-order valence-electron chi connectivity index (χ4n) is 2.81. The zero-order valence-corrected chi connectivity index (χ0v) is 26.3. The zero-order valence-electron chi connectivity index (χ0n) is 20.5. The summed E-state index contributed by atoms with van der Waals surface area (Å²) in [5.41, 5.74) is 17.2. The van der Waals surface area contributed by atoms with Gasteiger partial charge in [-0.3, -0.25) is 0 Å². The Balaban J connectivity index is 0.000000563. The summed E-state index contributed by atoms with van der Waals surface area (Å²) in [5.74, 6) is 0. The van der Waals surface area contributed by atoms with Crippen LogP contribution >= 0.6 is 34.8 Å². The Morgan fingerprint density at radius 3 is 0.825 bits per heavy atom. The molecule has 0 amide bonds. The molecule has 0 aromatic heterocycles. The average molecular weight is 721 g/mol. The summed E-state index contributed by atoms with van der Waals surface area (Å²) in [6.07, 6.45) is 0. The van der Waals surface area contributed by atoms with Crippen LogP contribution in [0.1, 0.15) is 16.7 Å². The quantitative estimate of drug-likeness (QED) is 0.200. The van der Waals surface area contributed by atoms with E-state index in [9.17, 15) is 38.9 Å². The molecule has 0 aliphatic rings. The van der Waals surface area contributed by atoms with E-state index in [1.807, 2.05) is 0 Å². The first kappa shape index (κ1) is 38.2. The molecule has 19 heteroatoms. The molecule has 3 aromatic rings. The van der Waals surface area contributed by atoms with Crippen molar-refractivity contribution in [2.75, 3.05) is 17.2 Å². The molecule has 0 saturated heterocycles. The van der Waals surface area contributed by atoms with Gasteiger partial charge in [0.2, 0.25) is 0 Å². The standard InChI is InChI=1S/3C7H8ClNO3S.Ni/c3*1-4-2-5(8)6(9)3-7(4)13(10,11)12;/h3*2-3H,9H2,1H3,(H,10,11,12);/q;;;+3/p-3. The summed E-state index contributed by atoms with van der Waals surface area (Å²) in [6, 6.07) is 7.25. The Labute approximate surface area is 257 Å². The van der Waals surface area contributed by atoms with Crippen molar-refractivity contribution in [1.29, 1.82) is 0 Å². The van der Waals surface area contributed by atoms with Gasteiger partial charge in [0.15, 0.2) is 0 Å². The van der Waals surface area contributed by atoms with Crippen LogP contribution in [0.4, 0.5) is 17.1 Å². The molecule has 223 valence electrons. The summed E-state index contributed by atoms with van der Waals surface area (Å²) in [7, 11) is -13.4. The summed E-state index contributed by atoms with van der Waals surface area (Å²) in [6.45, 7) is 4.45. The van der Waals surface area contributed by atoms with Gasteiger partial charge in [-0.05, 0) is 73.9 Å². The van der Waals surface area contributed by atoms with E-state index in [0.717, 1.165) is 18.2 Å². The molecule has 0 atom stereocenters. The Hall–Kier alpha value is -1.85. The van der Waals surface area contributed by atoms with Crippen LogP contribution in [0.25, 0.3) is 0 Å². The molecule has 0 aliphatic carbocycles. The normalized spacial score (nSPS) is 11.3. The number of anilines is 3. The van der Waals surface area contributed by atoms with Gasteiger partial charge in [0.1, 0.15) is 30.4 Å². The number of nitrogen functional groups attached to an aromatic ring is 3. The van der Waals surface area contributed by atoms with E-state index in [1.54, 1.807) is 0 Å². The van der Waals surface area contributed by atoms with Crippen molar-refractivity contribution in [2.24, 2.45) is 0 Å². The van der Waals surface area contributed by atoms with Gasteiger partial charge in [0.25, 0.3) is 0 Å². The monoisotopic (exact) mass is 718 g/mol. The Kier molecular flexibility index (Phi) is 13.7. The molecular formula is C21H21Cl3N3NiO9S3. The maximum absolute atomic E-state index is 10.7. The van der Waals surface area contributed by atoms with Crippen molar-refractivity contribution >= 4 is 82.2 Å². The van der Waals surface area contributed by atoms with Crippen molar-refractivity contribution in [3.63, 3.8) is 0 Å². The predicted molar refractivity (Wildman–Crippen MR) is 146 cm³/mol. The van der Waals surface area contributed by atoms with E-state index in [-0.39, 0.29) is 63.3 Å². The minimum atomic E-state index is -4.46. The first-order chi connectivity index (χ1) is 17.5. The molecule has 3 aromatic carbocycles. The largest absolute Gasteiger partial charge is 3.00 e. The summed E-state index contributed by atoms with van der Waals surface area (Å²) >= 11 is 16.8. The van der Waals surface area contributed by atoms with E-state index in [2.05, 4.69) is 0 Å². The number of nitrogens with two attached hydrogens (primary N) is 3. The van der Waals surface area contributed by atoms with Crippen molar-refractivity contribution in [3.05, 3.63) is 68.2 Å². The van der Waals surface area contributed by atoms with Crippen LogP contribution in [0.3, 0.4) is 0 Å². The van der Waals surface area contributed by atoms with Gasteiger partial charge in [-0.15, -0.1) is 0 Å². The number of hydrogen-bond acceptors (Lipinski definition) is 12. The van der Waals surface area contributed by atoms with Crippen LogP contribution in [0.5, 0.6) is 0 Å².